The molecular weight excluding hydrogens is 284 g/mol. The average molecular weight is 308 g/mol. The number of nitrogens with zero attached hydrogens (tertiary/aromatic N) is 1. The number of nitrogens with one attached hydrogen (secondary N) is 1. The molecule has 1 fully saturated rings. The molecule has 0 aliphatic carbocycles. The first-order chi connectivity index (χ1) is 10.2. The maximum Gasteiger partial charge on any atom is 0.233 e. The van der Waals surface area contributed by atoms with Crippen LogP contribution in [0.4, 0.5) is 0 Å². The molecule has 4 nitrogen and oxygen atoms in total. The lowest BCUT2D eigenvalue weighted by Crippen LogP contribution is -2.41. The molecule has 1 amide bonds. The maximum absolute atomic E-state index is 12.1. The number of amides is 1. The van der Waals surface area contributed by atoms with Crippen molar-refractivity contribution in [3.05, 3.63) is 29.8 Å². The number of rotatable bonds is 6. The second-order valence-corrected chi connectivity index (χ2v) is 6.18. The van der Waals surface area contributed by atoms with Crippen molar-refractivity contribution in [2.75, 3.05) is 38.6 Å². The number of benzene rings is 1. The standard InChI is InChI=1S/C16H24N2O2S/c1-3-17-13(2)14-5-4-6-15(11-14)21-12-16(19)18-7-9-20-10-8-18/h4-6,11,13,17H,3,7-10,12H2,1-2H3. The number of hydrogen-bond acceptors (Lipinski definition) is 4. The Morgan fingerprint density at radius 3 is 2.90 bits per heavy atom. The number of carbonyl (C=O) groups excluding carboxylic acids is 1. The lowest BCUT2D eigenvalue weighted by Gasteiger charge is -2.26. The Bertz CT molecular complexity index is 461. The van der Waals surface area contributed by atoms with Crippen LogP contribution in [0.25, 0.3) is 0 Å². The molecule has 1 atom stereocenters. The van der Waals surface area contributed by atoms with Gasteiger partial charge in [-0.3, -0.25) is 4.79 Å². The Morgan fingerprint density at radius 1 is 1.43 bits per heavy atom. The second-order valence-electron chi connectivity index (χ2n) is 5.13. The zero-order chi connectivity index (χ0) is 15.1. The van der Waals surface area contributed by atoms with E-state index in [0.29, 0.717) is 25.0 Å². The van der Waals surface area contributed by atoms with Gasteiger partial charge in [-0.1, -0.05) is 19.1 Å². The first-order valence-corrected chi connectivity index (χ1v) is 8.51. The predicted molar refractivity (Wildman–Crippen MR) is 86.7 cm³/mol. The van der Waals surface area contributed by atoms with Gasteiger partial charge in [0.2, 0.25) is 5.91 Å². The van der Waals surface area contributed by atoms with E-state index in [1.54, 1.807) is 11.8 Å². The van der Waals surface area contributed by atoms with Gasteiger partial charge in [0, 0.05) is 24.0 Å². The number of thioether (sulfide) groups is 1. The third kappa shape index (κ3) is 5.02. The highest BCUT2D eigenvalue weighted by atomic mass is 32.2. The van der Waals surface area contributed by atoms with Gasteiger partial charge in [-0.25, -0.2) is 0 Å². The summed E-state index contributed by atoms with van der Waals surface area (Å²) >= 11 is 1.61. The topological polar surface area (TPSA) is 41.6 Å². The third-order valence-electron chi connectivity index (χ3n) is 3.59. The van der Waals surface area contributed by atoms with Gasteiger partial charge in [-0.05, 0) is 31.2 Å². The van der Waals surface area contributed by atoms with Gasteiger partial charge in [0.1, 0.15) is 0 Å². The Kier molecular flexibility index (Phi) is 6.54. The summed E-state index contributed by atoms with van der Waals surface area (Å²) in [6.45, 7) is 7.97. The van der Waals surface area contributed by atoms with Crippen molar-refractivity contribution in [3.8, 4) is 0 Å². The van der Waals surface area contributed by atoms with Crippen LogP contribution in [0.5, 0.6) is 0 Å². The van der Waals surface area contributed by atoms with Crippen LogP contribution in [0.15, 0.2) is 29.2 Å². The molecule has 1 aromatic rings. The van der Waals surface area contributed by atoms with E-state index in [1.807, 2.05) is 4.90 Å². The highest BCUT2D eigenvalue weighted by molar-refractivity contribution is 8.00. The third-order valence-corrected chi connectivity index (χ3v) is 4.57. The minimum absolute atomic E-state index is 0.202. The maximum atomic E-state index is 12.1. The predicted octanol–water partition coefficient (Wildman–Crippen LogP) is 2.31. The van der Waals surface area contributed by atoms with Crippen molar-refractivity contribution < 1.29 is 9.53 Å². The van der Waals surface area contributed by atoms with Gasteiger partial charge < -0.3 is 15.0 Å². The molecule has 5 heteroatoms. The summed E-state index contributed by atoms with van der Waals surface area (Å²) in [4.78, 5) is 15.2. The van der Waals surface area contributed by atoms with Crippen molar-refractivity contribution in [3.63, 3.8) is 0 Å². The first-order valence-electron chi connectivity index (χ1n) is 7.52. The summed E-state index contributed by atoms with van der Waals surface area (Å²) in [6.07, 6.45) is 0. The van der Waals surface area contributed by atoms with Gasteiger partial charge in [-0.15, -0.1) is 11.8 Å². The summed E-state index contributed by atoms with van der Waals surface area (Å²) in [5.74, 6) is 0.701. The minimum atomic E-state index is 0.202. The van der Waals surface area contributed by atoms with Crippen LogP contribution in [0.3, 0.4) is 0 Å². The smallest absolute Gasteiger partial charge is 0.233 e. The molecule has 0 saturated carbocycles. The van der Waals surface area contributed by atoms with Crippen LogP contribution in [0.1, 0.15) is 25.5 Å². The van der Waals surface area contributed by atoms with Gasteiger partial charge in [0.05, 0.1) is 19.0 Å². The van der Waals surface area contributed by atoms with Gasteiger partial charge in [-0.2, -0.15) is 0 Å². The van der Waals surface area contributed by atoms with Gasteiger partial charge in [0.15, 0.2) is 0 Å². The van der Waals surface area contributed by atoms with Gasteiger partial charge >= 0.3 is 0 Å². The Labute approximate surface area is 131 Å². The van der Waals surface area contributed by atoms with Gasteiger partial charge in [0.25, 0.3) is 0 Å². The van der Waals surface area contributed by atoms with Crippen LogP contribution >= 0.6 is 11.8 Å². The van der Waals surface area contributed by atoms with Crippen LogP contribution < -0.4 is 5.32 Å². The SMILES string of the molecule is CCNC(C)c1cccc(SCC(=O)N2CCOCC2)c1. The van der Waals surface area contributed by atoms with Crippen molar-refractivity contribution >= 4 is 17.7 Å². The van der Waals surface area contributed by atoms with E-state index in [9.17, 15) is 4.79 Å². The molecule has 1 N–H and O–H groups in total. The zero-order valence-corrected chi connectivity index (χ0v) is 13.6. The fourth-order valence-electron chi connectivity index (χ4n) is 2.35. The highest BCUT2D eigenvalue weighted by Gasteiger charge is 2.16. The number of morpholine rings is 1. The molecule has 1 aliphatic heterocycles. The van der Waals surface area contributed by atoms with E-state index >= 15 is 0 Å². The monoisotopic (exact) mass is 308 g/mol. The second kappa shape index (κ2) is 8.41. The Hall–Kier alpha value is -1.04. The molecule has 0 bridgehead atoms. The molecule has 0 radical (unpaired) electrons. The molecule has 1 saturated heterocycles. The Balaban J connectivity index is 1.87. The molecule has 0 aromatic heterocycles. The number of carbonyl (C=O) groups is 1. The van der Waals surface area contributed by atoms with Crippen LogP contribution in [-0.4, -0.2) is 49.4 Å². The summed E-state index contributed by atoms with van der Waals surface area (Å²) in [7, 11) is 0. The van der Waals surface area contributed by atoms with Crippen molar-refractivity contribution in [1.82, 2.24) is 10.2 Å². The van der Waals surface area contributed by atoms with Crippen molar-refractivity contribution in [1.29, 1.82) is 0 Å². The first kappa shape index (κ1) is 16.3. The van der Waals surface area contributed by atoms with E-state index in [0.717, 1.165) is 24.5 Å². The molecule has 1 unspecified atom stereocenters. The number of hydrogen-bond donors (Lipinski definition) is 1. The molecule has 21 heavy (non-hydrogen) atoms. The largest absolute Gasteiger partial charge is 0.378 e. The number of ether oxygens (including phenoxy) is 1. The zero-order valence-electron chi connectivity index (χ0n) is 12.8. The molecule has 0 spiro atoms. The molecule has 116 valence electrons. The molecule has 1 aromatic carbocycles. The van der Waals surface area contributed by atoms with E-state index in [-0.39, 0.29) is 5.91 Å². The molecule has 2 rings (SSSR count). The molecule has 1 aliphatic rings. The highest BCUT2D eigenvalue weighted by Crippen LogP contribution is 2.22. The Morgan fingerprint density at radius 2 is 2.19 bits per heavy atom. The minimum Gasteiger partial charge on any atom is -0.378 e. The fraction of sp³-hybridized carbons (Fsp3) is 0.562. The lowest BCUT2D eigenvalue weighted by atomic mass is 10.1. The van der Waals surface area contributed by atoms with E-state index in [4.69, 9.17) is 4.74 Å². The van der Waals surface area contributed by atoms with Crippen LogP contribution in [0, 0.1) is 0 Å². The molecular formula is C16H24N2O2S. The van der Waals surface area contributed by atoms with E-state index in [1.165, 1.54) is 5.56 Å². The normalized spacial score (nSPS) is 16.8. The molecule has 1 heterocycles. The van der Waals surface area contributed by atoms with Crippen LogP contribution in [-0.2, 0) is 9.53 Å². The summed E-state index contributed by atoms with van der Waals surface area (Å²) in [5.41, 5.74) is 1.26. The van der Waals surface area contributed by atoms with E-state index in [2.05, 4.69) is 43.4 Å². The summed E-state index contributed by atoms with van der Waals surface area (Å²) in [6, 6.07) is 8.76. The van der Waals surface area contributed by atoms with Crippen molar-refractivity contribution in [2.24, 2.45) is 0 Å². The average Bonchev–Trinajstić information content (AvgIpc) is 2.54. The summed E-state index contributed by atoms with van der Waals surface area (Å²) < 4.78 is 5.27. The summed E-state index contributed by atoms with van der Waals surface area (Å²) in [5, 5.41) is 3.41. The van der Waals surface area contributed by atoms with Crippen molar-refractivity contribution in [2.45, 2.75) is 24.8 Å². The quantitative estimate of drug-likeness (QED) is 0.819. The van der Waals surface area contributed by atoms with E-state index < -0.39 is 0 Å². The fourth-order valence-corrected chi connectivity index (χ4v) is 3.21. The lowest BCUT2D eigenvalue weighted by molar-refractivity contribution is -0.132. The van der Waals surface area contributed by atoms with Crippen LogP contribution in [0.2, 0.25) is 0 Å².